The summed E-state index contributed by atoms with van der Waals surface area (Å²) in [6.07, 6.45) is 15.7. The monoisotopic (exact) mass is 596 g/mol. The van der Waals surface area contributed by atoms with Gasteiger partial charge in [0.05, 0.1) is 0 Å². The Morgan fingerprint density at radius 2 is 1.05 bits per heavy atom. The number of allylic oxidation sites excluding steroid dienone is 2. The lowest BCUT2D eigenvalue weighted by Crippen LogP contribution is -2.33. The SMILES string of the molecule is Cc1cc2nc(C=CC=Cc3nc4cc(C)c(C[n+]5ccccc5)cc4o3)oc2cc1C[n+]1ccccc1.O=S(=O)([O-])[O-]. The van der Waals surface area contributed by atoms with Gasteiger partial charge in [0, 0.05) is 57.9 Å². The van der Waals surface area contributed by atoms with Crippen LogP contribution >= 0.6 is 0 Å². The summed E-state index contributed by atoms with van der Waals surface area (Å²) >= 11 is 0. The quantitative estimate of drug-likeness (QED) is 0.112. The lowest BCUT2D eigenvalue weighted by atomic mass is 10.1. The number of nitrogens with zero attached hydrogens (tertiary/aromatic N) is 4. The molecule has 11 heteroatoms. The van der Waals surface area contributed by atoms with E-state index in [0.717, 1.165) is 35.3 Å². The van der Waals surface area contributed by atoms with Crippen LogP contribution in [0.2, 0.25) is 0 Å². The number of hydrogen-bond donors (Lipinski definition) is 0. The molecule has 0 spiro atoms. The Morgan fingerprint density at radius 3 is 1.42 bits per heavy atom. The van der Waals surface area contributed by atoms with Crippen molar-refractivity contribution in [1.82, 2.24) is 9.97 Å². The second kappa shape index (κ2) is 12.9. The predicted molar refractivity (Wildman–Crippen MR) is 158 cm³/mol. The van der Waals surface area contributed by atoms with Gasteiger partial charge in [0.15, 0.2) is 49.0 Å². The standard InChI is InChI=1S/C32H28N4O2.H2O4S/c1-23-17-27-29(19-25(23)21-35-13-7-3-8-14-35)37-31(33-27)11-5-6-12-32-34-28-18-24(2)26(20-30(28)38-32)22-36-15-9-4-10-16-36;1-5(2,3)4/h3-20H,21-22H2,1-2H3;(H2,1,2,3,4)/q+2;/p-2. The average molecular weight is 597 g/mol. The zero-order valence-corrected chi connectivity index (χ0v) is 24.3. The maximum atomic E-state index is 8.52. The summed E-state index contributed by atoms with van der Waals surface area (Å²) in [6.45, 7) is 5.79. The minimum absolute atomic E-state index is 0.560. The number of benzene rings is 2. The highest BCUT2D eigenvalue weighted by Gasteiger charge is 2.12. The molecule has 2 aromatic carbocycles. The van der Waals surface area contributed by atoms with Gasteiger partial charge in [0.1, 0.15) is 11.0 Å². The summed E-state index contributed by atoms with van der Waals surface area (Å²) in [5.41, 5.74) is 8.06. The number of oxazole rings is 2. The minimum Gasteiger partial charge on any atom is -0.759 e. The Morgan fingerprint density at radius 1 is 0.674 bits per heavy atom. The normalized spacial score (nSPS) is 11.9. The molecule has 218 valence electrons. The van der Waals surface area contributed by atoms with Gasteiger partial charge in [-0.05, 0) is 49.2 Å². The van der Waals surface area contributed by atoms with Crippen molar-refractivity contribution >= 4 is 44.8 Å². The summed E-state index contributed by atoms with van der Waals surface area (Å²) in [6, 6.07) is 20.5. The molecule has 0 atom stereocenters. The van der Waals surface area contributed by atoms with Crippen LogP contribution < -0.4 is 9.13 Å². The lowest BCUT2D eigenvalue weighted by Gasteiger charge is -2.06. The van der Waals surface area contributed by atoms with E-state index in [-0.39, 0.29) is 0 Å². The van der Waals surface area contributed by atoms with Crippen LogP contribution in [0.25, 0.3) is 34.4 Å². The van der Waals surface area contributed by atoms with Gasteiger partial charge >= 0.3 is 0 Å². The van der Waals surface area contributed by atoms with Crippen molar-refractivity contribution in [1.29, 1.82) is 0 Å². The van der Waals surface area contributed by atoms with Crippen molar-refractivity contribution < 1.29 is 35.5 Å². The first-order valence-electron chi connectivity index (χ1n) is 13.3. The van der Waals surface area contributed by atoms with Crippen molar-refractivity contribution in [2.24, 2.45) is 0 Å². The summed E-state index contributed by atoms with van der Waals surface area (Å²) < 4.78 is 50.4. The van der Waals surface area contributed by atoms with E-state index in [1.54, 1.807) is 0 Å². The number of rotatable bonds is 7. The van der Waals surface area contributed by atoms with E-state index in [4.69, 9.17) is 26.4 Å². The summed E-state index contributed by atoms with van der Waals surface area (Å²) in [5, 5.41) is 0. The molecule has 0 aliphatic carbocycles. The van der Waals surface area contributed by atoms with Crippen molar-refractivity contribution in [3.05, 3.63) is 132 Å². The van der Waals surface area contributed by atoms with Gasteiger partial charge in [-0.1, -0.05) is 24.3 Å². The maximum absolute atomic E-state index is 8.52. The number of aromatic nitrogens is 4. The van der Waals surface area contributed by atoms with Crippen molar-refractivity contribution in [3.63, 3.8) is 0 Å². The van der Waals surface area contributed by atoms with Crippen LogP contribution in [0, 0.1) is 13.8 Å². The van der Waals surface area contributed by atoms with Crippen molar-refractivity contribution in [2.75, 3.05) is 0 Å². The van der Waals surface area contributed by atoms with Gasteiger partial charge in [0.2, 0.25) is 11.8 Å². The smallest absolute Gasteiger partial charge is 0.219 e. The van der Waals surface area contributed by atoms with Crippen LogP contribution in [-0.2, 0) is 23.5 Å². The fourth-order valence-corrected chi connectivity index (χ4v) is 4.51. The number of hydrogen-bond acceptors (Lipinski definition) is 8. The highest BCUT2D eigenvalue weighted by molar-refractivity contribution is 7.79. The second-order valence-corrected chi connectivity index (χ2v) is 10.6. The fraction of sp³-hybridized carbons (Fsp3) is 0.125. The number of pyridine rings is 2. The molecule has 0 amide bonds. The molecule has 0 unspecified atom stereocenters. The van der Waals surface area contributed by atoms with Gasteiger partial charge in [0.25, 0.3) is 0 Å². The first-order chi connectivity index (χ1) is 20.6. The van der Waals surface area contributed by atoms with Gasteiger partial charge in [-0.3, -0.25) is 8.42 Å². The van der Waals surface area contributed by atoms with Crippen LogP contribution in [0.1, 0.15) is 34.0 Å². The first-order valence-corrected chi connectivity index (χ1v) is 14.6. The van der Waals surface area contributed by atoms with Gasteiger partial charge < -0.3 is 17.9 Å². The van der Waals surface area contributed by atoms with Crippen LogP contribution in [0.3, 0.4) is 0 Å². The molecule has 4 heterocycles. The maximum Gasteiger partial charge on any atom is 0.219 e. The van der Waals surface area contributed by atoms with E-state index < -0.39 is 10.4 Å². The molecule has 6 aromatic rings. The van der Waals surface area contributed by atoms with E-state index in [0.29, 0.717) is 11.8 Å². The Bertz CT molecular complexity index is 1890. The van der Waals surface area contributed by atoms with Crippen LogP contribution in [0.5, 0.6) is 0 Å². The molecule has 0 radical (unpaired) electrons. The third kappa shape index (κ3) is 8.29. The third-order valence-corrected chi connectivity index (χ3v) is 6.57. The molecule has 0 saturated carbocycles. The van der Waals surface area contributed by atoms with E-state index in [9.17, 15) is 0 Å². The minimum atomic E-state index is -5.17. The van der Waals surface area contributed by atoms with Crippen LogP contribution in [0.15, 0.2) is 106 Å². The first kappa shape index (κ1) is 29.5. The molecule has 0 saturated heterocycles. The molecular formula is C32H28N4O6S. The molecule has 0 aliphatic rings. The Balaban J connectivity index is 0.000000682. The molecule has 0 bridgehead atoms. The summed E-state index contributed by atoms with van der Waals surface area (Å²) in [5.74, 6) is 1.12. The number of aryl methyl sites for hydroxylation is 2. The Kier molecular flexibility index (Phi) is 8.86. The van der Waals surface area contributed by atoms with E-state index >= 15 is 0 Å². The van der Waals surface area contributed by atoms with Crippen molar-refractivity contribution in [2.45, 2.75) is 26.9 Å². The number of fused-ring (bicyclic) bond motifs is 2. The molecule has 0 fully saturated rings. The Labute approximate surface area is 248 Å². The largest absolute Gasteiger partial charge is 0.759 e. The molecule has 10 nitrogen and oxygen atoms in total. The summed E-state index contributed by atoms with van der Waals surface area (Å²) in [4.78, 5) is 9.24. The van der Waals surface area contributed by atoms with Gasteiger partial charge in [-0.2, -0.15) is 0 Å². The molecule has 43 heavy (non-hydrogen) atoms. The Hall–Kier alpha value is -4.97. The predicted octanol–water partition coefficient (Wildman–Crippen LogP) is 4.65. The van der Waals surface area contributed by atoms with E-state index in [1.165, 1.54) is 22.3 Å². The molecular weight excluding hydrogens is 568 g/mol. The van der Waals surface area contributed by atoms with Crippen molar-refractivity contribution in [3.8, 4) is 0 Å². The average Bonchev–Trinajstić information content (AvgIpc) is 3.54. The second-order valence-electron chi connectivity index (χ2n) is 9.82. The lowest BCUT2D eigenvalue weighted by molar-refractivity contribution is -0.688. The highest BCUT2D eigenvalue weighted by Crippen LogP contribution is 2.23. The van der Waals surface area contributed by atoms with Gasteiger partial charge in [-0.15, -0.1) is 0 Å². The molecule has 0 N–H and O–H groups in total. The highest BCUT2D eigenvalue weighted by atomic mass is 32.3. The van der Waals surface area contributed by atoms with E-state index in [2.05, 4.69) is 82.0 Å². The van der Waals surface area contributed by atoms with Crippen LogP contribution in [0.4, 0.5) is 0 Å². The third-order valence-electron chi connectivity index (χ3n) is 6.57. The molecule has 0 aliphatic heterocycles. The summed E-state index contributed by atoms with van der Waals surface area (Å²) in [7, 11) is -5.17. The van der Waals surface area contributed by atoms with Crippen LogP contribution in [-0.4, -0.2) is 27.5 Å². The topological polar surface area (TPSA) is 140 Å². The fourth-order valence-electron chi connectivity index (χ4n) is 4.51. The zero-order chi connectivity index (χ0) is 30.4. The van der Waals surface area contributed by atoms with E-state index in [1.807, 2.05) is 60.7 Å². The van der Waals surface area contributed by atoms with Gasteiger partial charge in [-0.25, -0.2) is 19.1 Å². The zero-order valence-electron chi connectivity index (χ0n) is 23.5. The molecule has 6 rings (SSSR count). The molecule has 4 aromatic heterocycles.